The van der Waals surface area contributed by atoms with Crippen molar-refractivity contribution in [1.29, 1.82) is 0 Å². The Kier molecular flexibility index (Phi) is 2.12. The molecule has 1 rings (SSSR count). The van der Waals surface area contributed by atoms with Crippen LogP contribution >= 0.6 is 0 Å². The molecule has 62 valence electrons. The molecule has 0 bridgehead atoms. The van der Waals surface area contributed by atoms with Crippen molar-refractivity contribution in [2.75, 3.05) is 13.6 Å². The molecular weight excluding hydrogens is 144 g/mol. The summed E-state index contributed by atoms with van der Waals surface area (Å²) < 4.78 is 0. The van der Waals surface area contributed by atoms with Gasteiger partial charge in [0, 0.05) is 19.5 Å². The Balaban J connectivity index is 2.68. The van der Waals surface area contributed by atoms with Crippen LogP contribution in [0.3, 0.4) is 0 Å². The number of carbonyl (C=O) groups is 2. The van der Waals surface area contributed by atoms with Crippen LogP contribution in [0, 0.1) is 0 Å². The molecule has 0 aliphatic carbocycles. The highest BCUT2D eigenvalue weighted by Gasteiger charge is 2.22. The van der Waals surface area contributed by atoms with Crippen LogP contribution in [0.25, 0.3) is 0 Å². The van der Waals surface area contributed by atoms with Crippen molar-refractivity contribution < 1.29 is 9.59 Å². The van der Waals surface area contributed by atoms with E-state index in [9.17, 15) is 9.59 Å². The molecule has 1 atom stereocenters. The van der Waals surface area contributed by atoms with Gasteiger partial charge in [-0.15, -0.1) is 0 Å². The number of rotatable bonds is 0. The van der Waals surface area contributed by atoms with E-state index in [1.54, 1.807) is 11.9 Å². The van der Waals surface area contributed by atoms with E-state index in [-0.39, 0.29) is 24.4 Å². The summed E-state index contributed by atoms with van der Waals surface area (Å²) in [5, 5.41) is 2.52. The zero-order chi connectivity index (χ0) is 8.43. The molecule has 0 spiro atoms. The predicted molar refractivity (Wildman–Crippen MR) is 39.9 cm³/mol. The molecule has 1 saturated heterocycles. The number of amides is 2. The quantitative estimate of drug-likeness (QED) is 0.507. The zero-order valence-corrected chi connectivity index (χ0v) is 6.76. The molecule has 1 N–H and O–H groups in total. The summed E-state index contributed by atoms with van der Waals surface area (Å²) in [7, 11) is 1.72. The number of likely N-dealkylation sites (N-methyl/N-ethyl adjacent to an activating group) is 1. The van der Waals surface area contributed by atoms with Crippen LogP contribution in [0.4, 0.5) is 0 Å². The predicted octanol–water partition coefficient (Wildman–Crippen LogP) is -0.647. The number of nitrogens with one attached hydrogen (secondary N) is 1. The lowest BCUT2D eigenvalue weighted by molar-refractivity contribution is -0.130. The van der Waals surface area contributed by atoms with E-state index in [0.29, 0.717) is 6.42 Å². The number of hydrogen-bond acceptors (Lipinski definition) is 2. The van der Waals surface area contributed by atoms with E-state index in [1.807, 2.05) is 6.92 Å². The molecule has 0 aromatic carbocycles. The second kappa shape index (κ2) is 2.90. The summed E-state index contributed by atoms with van der Waals surface area (Å²) >= 11 is 0. The Labute approximate surface area is 65.6 Å². The summed E-state index contributed by atoms with van der Waals surface area (Å²) in [6.45, 7) is 2.00. The van der Waals surface area contributed by atoms with Crippen molar-refractivity contribution in [2.45, 2.75) is 19.4 Å². The maximum absolute atomic E-state index is 11.1. The smallest absolute Gasteiger partial charge is 0.241 e. The fourth-order valence-corrected chi connectivity index (χ4v) is 1.02. The summed E-state index contributed by atoms with van der Waals surface area (Å²) in [4.78, 5) is 23.6. The normalized spacial score (nSPS) is 26.4. The van der Waals surface area contributed by atoms with Gasteiger partial charge in [-0.1, -0.05) is 0 Å². The molecule has 1 aliphatic heterocycles. The van der Waals surface area contributed by atoms with Crippen LogP contribution in [0.15, 0.2) is 0 Å². The lowest BCUT2D eigenvalue weighted by Crippen LogP contribution is -2.36. The molecule has 11 heavy (non-hydrogen) atoms. The second-order valence-corrected chi connectivity index (χ2v) is 2.83. The molecule has 1 aliphatic rings. The van der Waals surface area contributed by atoms with Crippen molar-refractivity contribution in [3.63, 3.8) is 0 Å². The molecule has 4 nitrogen and oxygen atoms in total. The maximum Gasteiger partial charge on any atom is 0.241 e. The zero-order valence-electron chi connectivity index (χ0n) is 6.76. The van der Waals surface area contributed by atoms with Gasteiger partial charge in [0.2, 0.25) is 11.8 Å². The summed E-state index contributed by atoms with van der Waals surface area (Å²) in [5.74, 6) is -0.0708. The highest BCUT2D eigenvalue weighted by molar-refractivity contribution is 5.87. The number of hydrogen-bond donors (Lipinski definition) is 1. The largest absolute Gasteiger partial charge is 0.347 e. The van der Waals surface area contributed by atoms with E-state index in [0.717, 1.165) is 0 Å². The number of nitrogens with zero attached hydrogens (tertiary/aromatic N) is 1. The van der Waals surface area contributed by atoms with Crippen molar-refractivity contribution in [2.24, 2.45) is 0 Å². The maximum atomic E-state index is 11.1. The molecule has 0 radical (unpaired) electrons. The van der Waals surface area contributed by atoms with Gasteiger partial charge in [-0.3, -0.25) is 9.59 Å². The van der Waals surface area contributed by atoms with Crippen LogP contribution in [-0.4, -0.2) is 36.3 Å². The van der Waals surface area contributed by atoms with Crippen LogP contribution in [0.5, 0.6) is 0 Å². The van der Waals surface area contributed by atoms with E-state index in [1.165, 1.54) is 0 Å². The molecule has 0 saturated carbocycles. The van der Waals surface area contributed by atoms with Crippen molar-refractivity contribution in [3.8, 4) is 0 Å². The fraction of sp³-hybridized carbons (Fsp3) is 0.714. The molecule has 2 amide bonds. The van der Waals surface area contributed by atoms with Gasteiger partial charge in [-0.05, 0) is 6.92 Å². The van der Waals surface area contributed by atoms with E-state index < -0.39 is 0 Å². The minimum atomic E-state index is -0.0461. The first-order valence-electron chi connectivity index (χ1n) is 3.63. The molecular formula is C7H12N2O2. The highest BCUT2D eigenvalue weighted by atomic mass is 16.2. The minimum absolute atomic E-state index is 0.0185. The van der Waals surface area contributed by atoms with Gasteiger partial charge in [-0.2, -0.15) is 0 Å². The average Bonchev–Trinajstić information content (AvgIpc) is 2.05. The fourth-order valence-electron chi connectivity index (χ4n) is 1.02. The van der Waals surface area contributed by atoms with E-state index >= 15 is 0 Å². The molecule has 1 heterocycles. The van der Waals surface area contributed by atoms with Gasteiger partial charge in [0.05, 0.1) is 6.54 Å². The Hall–Kier alpha value is -1.06. The molecule has 1 unspecified atom stereocenters. The van der Waals surface area contributed by atoms with Crippen LogP contribution in [0.2, 0.25) is 0 Å². The van der Waals surface area contributed by atoms with Crippen LogP contribution < -0.4 is 5.32 Å². The Morgan fingerprint density at radius 3 is 2.82 bits per heavy atom. The summed E-state index contributed by atoms with van der Waals surface area (Å²) in [6, 6.07) is 0.0185. The lowest BCUT2D eigenvalue weighted by Gasteiger charge is -2.20. The van der Waals surface area contributed by atoms with Gasteiger partial charge in [0.25, 0.3) is 0 Å². The van der Waals surface area contributed by atoms with Gasteiger partial charge < -0.3 is 10.2 Å². The first-order valence-corrected chi connectivity index (χ1v) is 3.63. The third kappa shape index (κ3) is 1.69. The Morgan fingerprint density at radius 2 is 2.18 bits per heavy atom. The SMILES string of the molecule is CC1CC(=O)NCC(=O)N1C. The summed E-state index contributed by atoms with van der Waals surface area (Å²) in [5.41, 5.74) is 0. The average molecular weight is 156 g/mol. The molecule has 4 heteroatoms. The van der Waals surface area contributed by atoms with Crippen molar-refractivity contribution in [3.05, 3.63) is 0 Å². The first-order chi connectivity index (χ1) is 5.11. The standard InChI is InChI=1S/C7H12N2O2/c1-5-3-6(10)8-4-7(11)9(5)2/h5H,3-4H2,1-2H3,(H,8,10). The lowest BCUT2D eigenvalue weighted by atomic mass is 10.2. The third-order valence-electron chi connectivity index (χ3n) is 1.97. The Morgan fingerprint density at radius 1 is 1.55 bits per heavy atom. The second-order valence-electron chi connectivity index (χ2n) is 2.83. The van der Waals surface area contributed by atoms with Gasteiger partial charge in [0.15, 0.2) is 0 Å². The summed E-state index contributed by atoms with van der Waals surface area (Å²) in [6.07, 6.45) is 0.405. The van der Waals surface area contributed by atoms with E-state index in [2.05, 4.69) is 5.32 Å². The van der Waals surface area contributed by atoms with Gasteiger partial charge in [-0.25, -0.2) is 0 Å². The first kappa shape index (κ1) is 8.04. The minimum Gasteiger partial charge on any atom is -0.347 e. The molecule has 0 aromatic rings. The van der Waals surface area contributed by atoms with Crippen LogP contribution in [-0.2, 0) is 9.59 Å². The van der Waals surface area contributed by atoms with Gasteiger partial charge in [0.1, 0.15) is 0 Å². The molecule has 1 fully saturated rings. The third-order valence-corrected chi connectivity index (χ3v) is 1.97. The monoisotopic (exact) mass is 156 g/mol. The van der Waals surface area contributed by atoms with Crippen molar-refractivity contribution in [1.82, 2.24) is 10.2 Å². The topological polar surface area (TPSA) is 49.4 Å². The van der Waals surface area contributed by atoms with Crippen molar-refractivity contribution >= 4 is 11.8 Å². The van der Waals surface area contributed by atoms with Gasteiger partial charge >= 0.3 is 0 Å². The number of carbonyl (C=O) groups excluding carboxylic acids is 2. The highest BCUT2D eigenvalue weighted by Crippen LogP contribution is 2.03. The van der Waals surface area contributed by atoms with E-state index in [4.69, 9.17) is 0 Å². The molecule has 0 aromatic heterocycles. The van der Waals surface area contributed by atoms with Crippen LogP contribution in [0.1, 0.15) is 13.3 Å². The Bertz CT molecular complexity index is 191.